The minimum atomic E-state index is 0.215. The van der Waals surface area contributed by atoms with E-state index in [1.165, 1.54) is 12.8 Å². The topological polar surface area (TPSA) is 25.8 Å². The number of thioether (sulfide) groups is 1. The maximum atomic E-state index is 4.27. The molecular weight excluding hydrogens is 204 g/mol. The highest BCUT2D eigenvalue weighted by atomic mass is 32.2. The minimum absolute atomic E-state index is 0.215. The van der Waals surface area contributed by atoms with Gasteiger partial charge in [0.15, 0.2) is 0 Å². The van der Waals surface area contributed by atoms with E-state index in [1.54, 1.807) is 11.8 Å². The lowest BCUT2D eigenvalue weighted by atomic mass is 10.2. The molecule has 1 aromatic heterocycles. The van der Waals surface area contributed by atoms with Gasteiger partial charge in [-0.15, -0.1) is 5.10 Å². The first-order valence-electron chi connectivity index (χ1n) is 5.54. The van der Waals surface area contributed by atoms with E-state index in [-0.39, 0.29) is 4.75 Å². The van der Waals surface area contributed by atoms with Crippen LogP contribution in [-0.2, 0) is 6.42 Å². The first kappa shape index (κ1) is 10.9. The smallest absolute Gasteiger partial charge is 0.119 e. The van der Waals surface area contributed by atoms with Crippen LogP contribution in [0, 0.1) is 5.92 Å². The molecule has 1 aliphatic rings. The standard InChI is InChI=1S/C12H18N2S/c1-12(2,3)15-11-7-6-10(13-14-11)8-9-4-5-9/h6-7,9H,4-5,8H2,1-3H3. The van der Waals surface area contributed by atoms with Crippen LogP contribution in [0.15, 0.2) is 17.2 Å². The monoisotopic (exact) mass is 222 g/mol. The lowest BCUT2D eigenvalue weighted by Crippen LogP contribution is -2.08. The van der Waals surface area contributed by atoms with E-state index in [1.807, 2.05) is 0 Å². The van der Waals surface area contributed by atoms with Crippen LogP contribution in [0.1, 0.15) is 39.3 Å². The fourth-order valence-electron chi connectivity index (χ4n) is 1.44. The number of aromatic nitrogens is 2. The van der Waals surface area contributed by atoms with Crippen molar-refractivity contribution in [1.82, 2.24) is 10.2 Å². The van der Waals surface area contributed by atoms with Gasteiger partial charge in [0.25, 0.3) is 0 Å². The maximum absolute atomic E-state index is 4.27. The van der Waals surface area contributed by atoms with Gasteiger partial charge in [-0.25, -0.2) is 0 Å². The van der Waals surface area contributed by atoms with E-state index in [2.05, 4.69) is 43.1 Å². The van der Waals surface area contributed by atoms with Crippen molar-refractivity contribution in [2.45, 2.75) is 49.8 Å². The molecule has 2 rings (SSSR count). The molecule has 1 aliphatic carbocycles. The Hall–Kier alpha value is -0.570. The summed E-state index contributed by atoms with van der Waals surface area (Å²) in [5, 5.41) is 9.56. The molecular formula is C12H18N2S. The number of nitrogens with zero attached hydrogens (tertiary/aromatic N) is 2. The molecule has 0 saturated heterocycles. The van der Waals surface area contributed by atoms with Gasteiger partial charge in [0.1, 0.15) is 5.03 Å². The van der Waals surface area contributed by atoms with Crippen molar-refractivity contribution in [2.75, 3.05) is 0 Å². The molecule has 0 N–H and O–H groups in total. The van der Waals surface area contributed by atoms with Gasteiger partial charge in [-0.1, -0.05) is 32.5 Å². The van der Waals surface area contributed by atoms with Crippen molar-refractivity contribution in [1.29, 1.82) is 0 Å². The molecule has 0 bridgehead atoms. The first-order valence-corrected chi connectivity index (χ1v) is 6.36. The molecule has 1 fully saturated rings. The van der Waals surface area contributed by atoms with Crippen LogP contribution in [0.3, 0.4) is 0 Å². The third-order valence-corrected chi connectivity index (χ3v) is 3.34. The summed E-state index contributed by atoms with van der Waals surface area (Å²) < 4.78 is 0.215. The number of hydrogen-bond acceptors (Lipinski definition) is 3. The summed E-state index contributed by atoms with van der Waals surface area (Å²) in [6.45, 7) is 6.58. The van der Waals surface area contributed by atoms with Crippen LogP contribution in [-0.4, -0.2) is 14.9 Å². The van der Waals surface area contributed by atoms with Crippen molar-refractivity contribution in [3.05, 3.63) is 17.8 Å². The Balaban J connectivity index is 1.96. The summed E-state index contributed by atoms with van der Waals surface area (Å²) in [6.07, 6.45) is 3.87. The Bertz CT molecular complexity index is 322. The fraction of sp³-hybridized carbons (Fsp3) is 0.667. The second-order valence-electron chi connectivity index (χ2n) is 5.22. The largest absolute Gasteiger partial charge is 0.155 e. The molecule has 0 atom stereocenters. The van der Waals surface area contributed by atoms with E-state index in [9.17, 15) is 0 Å². The molecule has 1 aromatic rings. The van der Waals surface area contributed by atoms with Gasteiger partial charge in [-0.05, 0) is 37.3 Å². The Morgan fingerprint density at radius 2 is 2.00 bits per heavy atom. The Labute approximate surface area is 95.9 Å². The summed E-state index contributed by atoms with van der Waals surface area (Å²) in [7, 11) is 0. The molecule has 0 aromatic carbocycles. The van der Waals surface area contributed by atoms with Gasteiger partial charge in [0, 0.05) is 4.75 Å². The van der Waals surface area contributed by atoms with E-state index < -0.39 is 0 Å². The molecule has 0 radical (unpaired) electrons. The third-order valence-electron chi connectivity index (χ3n) is 2.30. The van der Waals surface area contributed by atoms with Crippen molar-refractivity contribution in [2.24, 2.45) is 5.92 Å². The molecule has 1 saturated carbocycles. The third kappa shape index (κ3) is 3.82. The van der Waals surface area contributed by atoms with Gasteiger partial charge < -0.3 is 0 Å². The summed E-state index contributed by atoms with van der Waals surface area (Å²) in [6, 6.07) is 4.22. The van der Waals surface area contributed by atoms with E-state index in [0.717, 1.165) is 23.1 Å². The Morgan fingerprint density at radius 3 is 2.47 bits per heavy atom. The average molecular weight is 222 g/mol. The molecule has 2 nitrogen and oxygen atoms in total. The van der Waals surface area contributed by atoms with Crippen molar-refractivity contribution in [3.63, 3.8) is 0 Å². The summed E-state index contributed by atoms with van der Waals surface area (Å²) in [4.78, 5) is 0. The molecule has 0 amide bonds. The van der Waals surface area contributed by atoms with Crippen molar-refractivity contribution in [3.8, 4) is 0 Å². The molecule has 0 spiro atoms. The van der Waals surface area contributed by atoms with E-state index in [4.69, 9.17) is 0 Å². The molecule has 0 unspecified atom stereocenters. The van der Waals surface area contributed by atoms with Crippen LogP contribution >= 0.6 is 11.8 Å². The van der Waals surface area contributed by atoms with Crippen molar-refractivity contribution < 1.29 is 0 Å². The fourth-order valence-corrected chi connectivity index (χ4v) is 2.29. The minimum Gasteiger partial charge on any atom is -0.155 e. The highest BCUT2D eigenvalue weighted by molar-refractivity contribution is 8.00. The van der Waals surface area contributed by atoms with Crippen LogP contribution in [0.25, 0.3) is 0 Å². The zero-order valence-corrected chi connectivity index (χ0v) is 10.5. The zero-order valence-electron chi connectivity index (χ0n) is 9.66. The predicted molar refractivity (Wildman–Crippen MR) is 64.1 cm³/mol. The normalized spacial score (nSPS) is 16.7. The van der Waals surface area contributed by atoms with Crippen molar-refractivity contribution >= 4 is 11.8 Å². The Morgan fingerprint density at radius 1 is 1.27 bits per heavy atom. The second kappa shape index (κ2) is 4.12. The van der Waals surface area contributed by atoms with E-state index in [0.29, 0.717) is 0 Å². The van der Waals surface area contributed by atoms with Gasteiger partial charge in [0.2, 0.25) is 0 Å². The first-order chi connectivity index (χ1) is 7.03. The highest BCUT2D eigenvalue weighted by Crippen LogP contribution is 2.33. The molecule has 0 aliphatic heterocycles. The lowest BCUT2D eigenvalue weighted by molar-refractivity contribution is 0.753. The SMILES string of the molecule is CC(C)(C)Sc1ccc(CC2CC2)nn1. The number of hydrogen-bond donors (Lipinski definition) is 0. The summed E-state index contributed by atoms with van der Waals surface area (Å²) >= 11 is 1.77. The van der Waals surface area contributed by atoms with Gasteiger partial charge in [-0.3, -0.25) is 0 Å². The summed E-state index contributed by atoms with van der Waals surface area (Å²) in [5.41, 5.74) is 1.15. The molecule has 1 heterocycles. The maximum Gasteiger partial charge on any atom is 0.119 e. The van der Waals surface area contributed by atoms with Gasteiger partial charge in [0.05, 0.1) is 5.69 Å². The molecule has 15 heavy (non-hydrogen) atoms. The second-order valence-corrected chi connectivity index (χ2v) is 7.07. The highest BCUT2D eigenvalue weighted by Gasteiger charge is 2.22. The zero-order chi connectivity index (χ0) is 10.9. The van der Waals surface area contributed by atoms with Crippen LogP contribution < -0.4 is 0 Å². The predicted octanol–water partition coefficient (Wildman–Crippen LogP) is 3.32. The molecule has 82 valence electrons. The van der Waals surface area contributed by atoms with Crippen LogP contribution in [0.5, 0.6) is 0 Å². The van der Waals surface area contributed by atoms with Crippen LogP contribution in [0.4, 0.5) is 0 Å². The van der Waals surface area contributed by atoms with Crippen LogP contribution in [0.2, 0.25) is 0 Å². The lowest BCUT2D eigenvalue weighted by Gasteiger charge is -2.16. The average Bonchev–Trinajstić information content (AvgIpc) is 2.90. The number of rotatable bonds is 3. The van der Waals surface area contributed by atoms with Gasteiger partial charge in [-0.2, -0.15) is 5.10 Å². The van der Waals surface area contributed by atoms with E-state index >= 15 is 0 Å². The molecule has 3 heteroatoms. The quantitative estimate of drug-likeness (QED) is 0.734. The van der Waals surface area contributed by atoms with Gasteiger partial charge >= 0.3 is 0 Å². The Kier molecular flexibility index (Phi) is 3.01. The summed E-state index contributed by atoms with van der Waals surface area (Å²) in [5.74, 6) is 0.889.